The number of hydrogen-bond acceptors (Lipinski definition) is 0. The fourth-order valence-corrected chi connectivity index (χ4v) is 12.2. The molecule has 5 atom stereocenters. The lowest BCUT2D eigenvalue weighted by Crippen LogP contribution is -2.91. The molecule has 0 nitrogen and oxygen atoms in total. The van der Waals surface area contributed by atoms with Crippen LogP contribution in [0.2, 0.25) is 26.1 Å². The summed E-state index contributed by atoms with van der Waals surface area (Å²) < 4.78 is 0. The predicted octanol–water partition coefficient (Wildman–Crippen LogP) is -18.8. The zero-order valence-corrected chi connectivity index (χ0v) is 36.3. The third kappa shape index (κ3) is 11.6. The average molecular weight is 685 g/mol. The van der Waals surface area contributed by atoms with Crippen LogP contribution in [0.15, 0.2) is 0 Å². The fraction of sp³-hybridized carbons (Fsp3) is 1.00. The molecule has 65 radical (unpaired) electrons. The van der Waals surface area contributed by atoms with Crippen LogP contribution in [0.1, 0.15) is 13.8 Å². The van der Waals surface area contributed by atoms with Crippen molar-refractivity contribution in [2.75, 3.05) is 0 Å². The van der Waals surface area contributed by atoms with Crippen LogP contribution < -0.4 is 0 Å². The zero-order chi connectivity index (χ0) is 49.6. The van der Waals surface area contributed by atoms with Crippen LogP contribution in [0.5, 0.6) is 0 Å². The molecule has 0 rings (SSSR count). The highest BCUT2D eigenvalue weighted by Crippen LogP contribution is 2.84. The SMILES string of the molecule is [B][B]B([B])B(B([B])[B])C(B(B([B])[B])B([B])[B])(C(C)(B(B([B])[B])B([B])B([B])[B])B(B([B])[B])B([B][B])B([B])[B])C(B([B])B([B])[B])(B([B][B])B([B])[B])C(B([B])[B])(B([B])[B][B])C([B])(C)[B][B]. The molecule has 0 aliphatic rings. The lowest BCUT2D eigenvalue weighted by atomic mass is 8.44. The Hall–Kier alpha value is 3.57. The van der Waals surface area contributed by atoms with Crippen LogP contribution in [-0.2, 0) is 0 Å². The Balaban J connectivity index is 12.2. The molecular weight excluding hydrogens is 679 g/mol. The summed E-state index contributed by atoms with van der Waals surface area (Å²) in [6.45, 7) is -11.8. The van der Waals surface area contributed by atoms with E-state index in [1.165, 1.54) is 13.8 Å². The van der Waals surface area contributed by atoms with E-state index in [-0.39, 0.29) is 0 Å². The standard InChI is InChI=1S/C7H6B55/c1-3(8,38-9)5(43(14)15,44(16)39-10)7(45(17)51(18)19,46(40-11)52(20)21)6(49(55(26)27)56(28)29,50(57(30)31)60(36)41-12)4(2,47(53(22)23)61(37)58(32)33)48(54(24)25)62(42-13)59(34)35/h1-2H3. The molecular formula is C7H6B55. The van der Waals surface area contributed by atoms with Crippen molar-refractivity contribution in [2.45, 2.75) is 39.9 Å². The highest BCUT2D eigenvalue weighted by Gasteiger charge is 2.79. The summed E-state index contributed by atoms with van der Waals surface area (Å²) >= 11 is 0. The van der Waals surface area contributed by atoms with E-state index < -0.39 is 155 Å². The average Bonchev–Trinajstić information content (AvgIpc) is 3.13. The van der Waals surface area contributed by atoms with Crippen molar-refractivity contribution < 1.29 is 0 Å². The van der Waals surface area contributed by atoms with Crippen LogP contribution in [0.4, 0.5) is 0 Å². The van der Waals surface area contributed by atoms with E-state index in [2.05, 4.69) is 0 Å². The molecule has 0 saturated carbocycles. The molecule has 199 valence electrons. The van der Waals surface area contributed by atoms with Crippen molar-refractivity contribution in [1.82, 2.24) is 0 Å². The highest BCUT2D eigenvalue weighted by molar-refractivity contribution is 8.01. The Kier molecular flexibility index (Phi) is 28.4. The topological polar surface area (TPSA) is 0 Å². The van der Waals surface area contributed by atoms with Crippen LogP contribution in [0.3, 0.4) is 0 Å². The quantitative estimate of drug-likeness (QED) is 0.0688. The van der Waals surface area contributed by atoms with Crippen molar-refractivity contribution in [3.8, 4) is 0 Å². The van der Waals surface area contributed by atoms with Gasteiger partial charge in [0.2, 0.25) is 0 Å². The van der Waals surface area contributed by atoms with E-state index >= 15 is 0 Å². The summed E-state index contributed by atoms with van der Waals surface area (Å²) in [6, 6.07) is 0. The normalized spacial score (nSPS) is 15.3. The second kappa shape index (κ2) is 26.9. The summed E-state index contributed by atoms with van der Waals surface area (Å²) in [4.78, 5) is 0. The maximum atomic E-state index is 7.65. The third-order valence-electron chi connectivity index (χ3n) is 13.9. The molecule has 0 saturated heterocycles. The Labute approximate surface area is 432 Å². The molecule has 55 heteroatoms. The van der Waals surface area contributed by atoms with Gasteiger partial charge in [-0.2, -0.15) is 0 Å². The van der Waals surface area contributed by atoms with Crippen molar-refractivity contribution >= 4 is 396 Å². The fourth-order valence-electron chi connectivity index (χ4n) is 12.2. The van der Waals surface area contributed by atoms with Crippen LogP contribution in [-0.4, -0.2) is 396 Å². The lowest BCUT2D eigenvalue weighted by molar-refractivity contribution is 0.456. The molecule has 62 heavy (non-hydrogen) atoms. The largest absolute Gasteiger partial charge is 0.122 e. The van der Waals surface area contributed by atoms with Gasteiger partial charge in [0.1, 0.15) is 0 Å². The van der Waals surface area contributed by atoms with Gasteiger partial charge >= 0.3 is 0 Å². The molecule has 0 aromatic carbocycles. The summed E-state index contributed by atoms with van der Waals surface area (Å²) in [7, 11) is 212. The van der Waals surface area contributed by atoms with Gasteiger partial charge in [-0.15, -0.1) is 26.1 Å². The molecule has 0 amide bonds. The van der Waals surface area contributed by atoms with Crippen molar-refractivity contribution in [2.24, 2.45) is 0 Å². The van der Waals surface area contributed by atoms with E-state index in [0.717, 1.165) is 35.4 Å². The molecule has 0 heterocycles. The van der Waals surface area contributed by atoms with Crippen molar-refractivity contribution in [3.05, 3.63) is 0 Å². The monoisotopic (exact) mass is 696 g/mol. The minimum atomic E-state index is -2.80. The third-order valence-corrected chi connectivity index (χ3v) is 13.9. The van der Waals surface area contributed by atoms with Crippen molar-refractivity contribution in [3.63, 3.8) is 0 Å². The first-order chi connectivity index (χ1) is 28.2. The summed E-state index contributed by atoms with van der Waals surface area (Å²) in [5.41, 5.74) is 0. The first kappa shape index (κ1) is 65.6. The Morgan fingerprint density at radius 1 is 0.371 bits per heavy atom. The predicted molar refractivity (Wildman–Crippen MR) is 341 cm³/mol. The molecule has 0 aromatic heterocycles. The van der Waals surface area contributed by atoms with Gasteiger partial charge in [0.15, 0.2) is 0 Å². The molecule has 0 N–H and O–H groups in total. The Bertz CT molecular complexity index is 1250. The van der Waals surface area contributed by atoms with Gasteiger partial charge in [-0.25, -0.2) is 0 Å². The van der Waals surface area contributed by atoms with Gasteiger partial charge in [0, 0.05) is 388 Å². The van der Waals surface area contributed by atoms with E-state index in [9.17, 15) is 0 Å². The number of hydrogen-bond donors (Lipinski definition) is 0. The van der Waals surface area contributed by atoms with E-state index in [1.54, 1.807) is 0 Å². The second-order valence-electron chi connectivity index (χ2n) is 17.2. The summed E-state index contributed by atoms with van der Waals surface area (Å²) in [5.74, 6) is 0. The van der Waals surface area contributed by atoms with E-state index in [0.29, 0.717) is 0 Å². The molecule has 0 aliphatic carbocycles. The highest BCUT2D eigenvalue weighted by atomic mass is 14.5. The molecule has 0 aliphatic heterocycles. The van der Waals surface area contributed by atoms with Crippen molar-refractivity contribution in [1.29, 1.82) is 0 Å². The molecule has 5 unspecified atom stereocenters. The summed E-state index contributed by atoms with van der Waals surface area (Å²) in [6.07, 6.45) is -20.1. The molecule has 0 aromatic rings. The van der Waals surface area contributed by atoms with Crippen LogP contribution in [0.25, 0.3) is 0 Å². The van der Waals surface area contributed by atoms with Gasteiger partial charge in [0.05, 0.1) is 7.85 Å². The van der Waals surface area contributed by atoms with Gasteiger partial charge in [-0.3, -0.25) is 0 Å². The van der Waals surface area contributed by atoms with Gasteiger partial charge in [-0.05, 0) is 0 Å². The molecule has 0 bridgehead atoms. The van der Waals surface area contributed by atoms with Crippen LogP contribution in [0, 0.1) is 0 Å². The maximum Gasteiger partial charge on any atom is 0.0604 e. The second-order valence-corrected chi connectivity index (χ2v) is 17.2. The van der Waals surface area contributed by atoms with Crippen LogP contribution >= 0.6 is 0 Å². The molecule has 0 fully saturated rings. The minimum Gasteiger partial charge on any atom is -0.122 e. The van der Waals surface area contributed by atoms with Gasteiger partial charge in [0.25, 0.3) is 0 Å². The summed E-state index contributed by atoms with van der Waals surface area (Å²) in [5, 5.41) is -12.8. The minimum absolute atomic E-state index is 0.959. The zero-order valence-electron chi connectivity index (χ0n) is 36.3. The van der Waals surface area contributed by atoms with Gasteiger partial charge in [-0.1, -0.05) is 13.8 Å². The van der Waals surface area contributed by atoms with E-state index in [1.807, 2.05) is 0 Å². The lowest BCUT2D eigenvalue weighted by Gasteiger charge is -2.87. The smallest absolute Gasteiger partial charge is 0.0604 e. The number of rotatable bonds is 29. The van der Waals surface area contributed by atoms with Gasteiger partial charge < -0.3 is 0 Å². The Morgan fingerprint density at radius 3 is 1.03 bits per heavy atom. The van der Waals surface area contributed by atoms with E-state index in [4.69, 9.17) is 232 Å². The maximum absolute atomic E-state index is 7.65. The first-order valence-electron chi connectivity index (χ1n) is 19.9. The Morgan fingerprint density at radius 2 is 0.790 bits per heavy atom. The first-order valence-corrected chi connectivity index (χ1v) is 19.9. The molecule has 0 spiro atoms.